The minimum absolute atomic E-state index is 0.00500. The molecular formula is C8H14F3NO5. The lowest BCUT2D eigenvalue weighted by molar-refractivity contribution is -0.192. The van der Waals surface area contributed by atoms with E-state index in [0.29, 0.717) is 19.8 Å². The molecule has 0 aromatic heterocycles. The first-order valence-corrected chi connectivity index (χ1v) is 4.49. The molecule has 0 bridgehead atoms. The van der Waals surface area contributed by atoms with Crippen molar-refractivity contribution >= 4 is 11.9 Å². The molecule has 0 fully saturated rings. The zero-order valence-corrected chi connectivity index (χ0v) is 9.12. The smallest absolute Gasteiger partial charge is 0.475 e. The molecule has 0 aliphatic carbocycles. The Labute approximate surface area is 95.5 Å². The van der Waals surface area contributed by atoms with Crippen molar-refractivity contribution in [1.29, 1.82) is 0 Å². The summed E-state index contributed by atoms with van der Waals surface area (Å²) < 4.78 is 41.1. The number of carbonyl (C=O) groups excluding carboxylic acids is 1. The highest BCUT2D eigenvalue weighted by atomic mass is 19.4. The minimum atomic E-state index is -5.08. The summed E-state index contributed by atoms with van der Waals surface area (Å²) in [6.07, 6.45) is -5.08. The maximum atomic E-state index is 10.6. The minimum Gasteiger partial charge on any atom is -0.475 e. The second-order valence-corrected chi connectivity index (χ2v) is 2.45. The van der Waals surface area contributed by atoms with Gasteiger partial charge in [0.15, 0.2) is 0 Å². The SMILES string of the molecule is CCOC(=O)COCCN.O=C(O)C(F)(F)F. The van der Waals surface area contributed by atoms with Crippen LogP contribution in [0.1, 0.15) is 6.92 Å². The maximum Gasteiger partial charge on any atom is 0.490 e. The van der Waals surface area contributed by atoms with Gasteiger partial charge in [0, 0.05) is 6.54 Å². The van der Waals surface area contributed by atoms with Crippen molar-refractivity contribution in [3.63, 3.8) is 0 Å². The summed E-state index contributed by atoms with van der Waals surface area (Å²) >= 11 is 0. The van der Waals surface area contributed by atoms with Gasteiger partial charge in [0.2, 0.25) is 0 Å². The van der Waals surface area contributed by atoms with Gasteiger partial charge in [-0.05, 0) is 6.92 Å². The van der Waals surface area contributed by atoms with Crippen LogP contribution in [0.4, 0.5) is 13.2 Å². The Balaban J connectivity index is 0. The monoisotopic (exact) mass is 261 g/mol. The van der Waals surface area contributed by atoms with E-state index in [1.165, 1.54) is 0 Å². The van der Waals surface area contributed by atoms with Gasteiger partial charge in [-0.25, -0.2) is 9.59 Å². The maximum absolute atomic E-state index is 10.6. The number of carboxylic acids is 1. The molecule has 0 aliphatic rings. The van der Waals surface area contributed by atoms with Crippen molar-refractivity contribution in [2.45, 2.75) is 13.1 Å². The topological polar surface area (TPSA) is 98.9 Å². The summed E-state index contributed by atoms with van der Waals surface area (Å²) in [5.41, 5.74) is 5.11. The lowest BCUT2D eigenvalue weighted by Crippen LogP contribution is -2.21. The molecule has 0 saturated heterocycles. The number of carboxylic acid groups (broad SMARTS) is 1. The molecule has 0 aliphatic heterocycles. The van der Waals surface area contributed by atoms with E-state index in [1.807, 2.05) is 0 Å². The number of nitrogens with two attached hydrogens (primary N) is 1. The largest absolute Gasteiger partial charge is 0.490 e. The van der Waals surface area contributed by atoms with Gasteiger partial charge in [0.1, 0.15) is 6.61 Å². The van der Waals surface area contributed by atoms with Crippen LogP contribution >= 0.6 is 0 Å². The molecule has 0 aromatic rings. The zero-order chi connectivity index (χ0) is 13.9. The number of ether oxygens (including phenoxy) is 2. The van der Waals surface area contributed by atoms with Crippen LogP contribution in [-0.4, -0.2) is 49.6 Å². The molecule has 0 radical (unpaired) electrons. The fourth-order valence-corrected chi connectivity index (χ4v) is 0.441. The summed E-state index contributed by atoms with van der Waals surface area (Å²) in [5, 5.41) is 7.12. The molecule has 6 nitrogen and oxygen atoms in total. The van der Waals surface area contributed by atoms with Crippen LogP contribution in [0, 0.1) is 0 Å². The Morgan fingerprint density at radius 1 is 1.35 bits per heavy atom. The third kappa shape index (κ3) is 14.7. The van der Waals surface area contributed by atoms with E-state index in [4.69, 9.17) is 20.4 Å². The van der Waals surface area contributed by atoms with Gasteiger partial charge in [-0.15, -0.1) is 0 Å². The molecule has 0 saturated carbocycles. The van der Waals surface area contributed by atoms with E-state index in [-0.39, 0.29) is 12.6 Å². The van der Waals surface area contributed by atoms with Gasteiger partial charge in [-0.1, -0.05) is 0 Å². The second kappa shape index (κ2) is 9.85. The fourth-order valence-electron chi connectivity index (χ4n) is 0.441. The van der Waals surface area contributed by atoms with Crippen LogP contribution in [-0.2, 0) is 19.1 Å². The summed E-state index contributed by atoms with van der Waals surface area (Å²) in [4.78, 5) is 19.4. The number of carbonyl (C=O) groups is 2. The molecule has 0 rings (SSSR count). The number of halogens is 3. The highest BCUT2D eigenvalue weighted by Crippen LogP contribution is 2.13. The molecule has 9 heteroatoms. The number of esters is 1. The summed E-state index contributed by atoms with van der Waals surface area (Å²) in [7, 11) is 0. The highest BCUT2D eigenvalue weighted by molar-refractivity contribution is 5.73. The van der Waals surface area contributed by atoms with E-state index < -0.39 is 12.1 Å². The molecule has 0 heterocycles. The first-order valence-electron chi connectivity index (χ1n) is 4.49. The molecule has 0 atom stereocenters. The quantitative estimate of drug-likeness (QED) is 0.540. The van der Waals surface area contributed by atoms with Crippen molar-refractivity contribution in [3.05, 3.63) is 0 Å². The normalized spacial score (nSPS) is 10.2. The van der Waals surface area contributed by atoms with E-state index in [2.05, 4.69) is 4.74 Å². The predicted octanol–water partition coefficient (Wildman–Crippen LogP) is 0.158. The Hall–Kier alpha value is -1.35. The predicted molar refractivity (Wildman–Crippen MR) is 50.2 cm³/mol. The fraction of sp³-hybridized carbons (Fsp3) is 0.750. The van der Waals surface area contributed by atoms with Crippen LogP contribution in [0.5, 0.6) is 0 Å². The van der Waals surface area contributed by atoms with Gasteiger partial charge in [0.05, 0.1) is 13.2 Å². The van der Waals surface area contributed by atoms with Gasteiger partial charge in [-0.3, -0.25) is 0 Å². The summed E-state index contributed by atoms with van der Waals surface area (Å²) in [6, 6.07) is 0. The van der Waals surface area contributed by atoms with Crippen molar-refractivity contribution in [2.24, 2.45) is 5.73 Å². The van der Waals surface area contributed by atoms with Gasteiger partial charge < -0.3 is 20.3 Å². The van der Waals surface area contributed by atoms with Crippen LogP contribution in [0.25, 0.3) is 0 Å². The van der Waals surface area contributed by atoms with E-state index in [1.54, 1.807) is 6.92 Å². The Morgan fingerprint density at radius 3 is 2.12 bits per heavy atom. The van der Waals surface area contributed by atoms with Crippen molar-refractivity contribution in [3.8, 4) is 0 Å². The average molecular weight is 261 g/mol. The lowest BCUT2D eigenvalue weighted by atomic mass is 10.7. The second-order valence-electron chi connectivity index (χ2n) is 2.45. The Kier molecular flexibility index (Phi) is 10.4. The molecule has 0 spiro atoms. The average Bonchev–Trinajstić information content (AvgIpc) is 2.18. The van der Waals surface area contributed by atoms with Crippen LogP contribution in [0.2, 0.25) is 0 Å². The van der Waals surface area contributed by atoms with Gasteiger partial charge in [-0.2, -0.15) is 13.2 Å². The Morgan fingerprint density at radius 2 is 1.82 bits per heavy atom. The number of alkyl halides is 3. The first kappa shape index (κ1) is 18.0. The lowest BCUT2D eigenvalue weighted by Gasteiger charge is -2.01. The van der Waals surface area contributed by atoms with Crippen molar-refractivity contribution in [2.75, 3.05) is 26.4 Å². The Bertz CT molecular complexity index is 232. The van der Waals surface area contributed by atoms with Crippen molar-refractivity contribution in [1.82, 2.24) is 0 Å². The first-order chi connectivity index (χ1) is 7.75. The molecule has 3 N–H and O–H groups in total. The molecule has 0 amide bonds. The van der Waals surface area contributed by atoms with Crippen molar-refractivity contribution < 1.29 is 37.3 Å². The van der Waals surface area contributed by atoms with E-state index >= 15 is 0 Å². The van der Waals surface area contributed by atoms with Gasteiger partial charge >= 0.3 is 18.1 Å². The summed E-state index contributed by atoms with van der Waals surface area (Å²) in [6.45, 7) is 2.98. The standard InChI is InChI=1S/C6H13NO3.C2HF3O2/c1-2-10-6(8)5-9-4-3-7;3-2(4,5)1(6)7/h2-5,7H2,1H3;(H,6,7). The molecule has 102 valence electrons. The zero-order valence-electron chi connectivity index (χ0n) is 9.12. The van der Waals surface area contributed by atoms with Gasteiger partial charge in [0.25, 0.3) is 0 Å². The van der Waals surface area contributed by atoms with E-state index in [9.17, 15) is 18.0 Å². The molecule has 17 heavy (non-hydrogen) atoms. The van der Waals surface area contributed by atoms with Crippen LogP contribution < -0.4 is 5.73 Å². The molecular weight excluding hydrogens is 247 g/mol. The van der Waals surface area contributed by atoms with Crippen LogP contribution in [0.3, 0.4) is 0 Å². The third-order valence-electron chi connectivity index (χ3n) is 1.03. The number of aliphatic carboxylic acids is 1. The summed E-state index contributed by atoms with van der Waals surface area (Å²) in [5.74, 6) is -3.09. The number of rotatable bonds is 5. The number of hydrogen-bond acceptors (Lipinski definition) is 5. The molecule has 0 unspecified atom stereocenters. The van der Waals surface area contributed by atoms with Crippen LogP contribution in [0.15, 0.2) is 0 Å². The van der Waals surface area contributed by atoms with E-state index in [0.717, 1.165) is 0 Å². The third-order valence-corrected chi connectivity index (χ3v) is 1.03. The number of hydrogen-bond donors (Lipinski definition) is 2. The highest BCUT2D eigenvalue weighted by Gasteiger charge is 2.38. The molecule has 0 aromatic carbocycles.